The van der Waals surface area contributed by atoms with E-state index in [-0.39, 0.29) is 29.4 Å². The van der Waals surface area contributed by atoms with Gasteiger partial charge in [0.2, 0.25) is 5.91 Å². The van der Waals surface area contributed by atoms with E-state index in [9.17, 15) is 4.79 Å². The van der Waals surface area contributed by atoms with Gasteiger partial charge in [-0.05, 0) is 25.7 Å². The highest BCUT2D eigenvalue weighted by molar-refractivity contribution is 5.79. The maximum atomic E-state index is 12.2. The van der Waals surface area contributed by atoms with Crippen LogP contribution in [0.5, 0.6) is 0 Å². The van der Waals surface area contributed by atoms with Gasteiger partial charge in [0.05, 0.1) is 12.0 Å². The fraction of sp³-hybridized carbons (Fsp3) is 0.933. The van der Waals surface area contributed by atoms with Crippen LogP contribution in [0.25, 0.3) is 0 Å². The van der Waals surface area contributed by atoms with Crippen molar-refractivity contribution in [1.29, 1.82) is 0 Å². The van der Waals surface area contributed by atoms with E-state index in [4.69, 9.17) is 10.5 Å². The fourth-order valence-electron chi connectivity index (χ4n) is 2.78. The first-order chi connectivity index (χ1) is 8.82. The van der Waals surface area contributed by atoms with Crippen LogP contribution in [-0.4, -0.2) is 31.2 Å². The summed E-state index contributed by atoms with van der Waals surface area (Å²) in [4.78, 5) is 12.2. The Kier molecular flexibility index (Phi) is 5.81. The van der Waals surface area contributed by atoms with Crippen LogP contribution in [0.4, 0.5) is 0 Å². The van der Waals surface area contributed by atoms with E-state index < -0.39 is 0 Å². The van der Waals surface area contributed by atoms with Gasteiger partial charge in [-0.1, -0.05) is 27.7 Å². The number of hydrogen-bond acceptors (Lipinski definition) is 3. The smallest absolute Gasteiger partial charge is 0.224 e. The summed E-state index contributed by atoms with van der Waals surface area (Å²) in [5.41, 5.74) is 5.73. The molecule has 1 saturated carbocycles. The van der Waals surface area contributed by atoms with Gasteiger partial charge in [-0.25, -0.2) is 0 Å². The molecule has 1 amide bonds. The van der Waals surface area contributed by atoms with Crippen molar-refractivity contribution in [3.8, 4) is 0 Å². The van der Waals surface area contributed by atoms with Crippen LogP contribution in [0.1, 0.15) is 47.5 Å². The summed E-state index contributed by atoms with van der Waals surface area (Å²) in [5.74, 6) is 0.524. The maximum absolute atomic E-state index is 12.2. The normalized spacial score (nSPS) is 26.9. The molecule has 0 aromatic carbocycles. The zero-order chi connectivity index (χ0) is 14.6. The molecular weight excluding hydrogens is 240 g/mol. The summed E-state index contributed by atoms with van der Waals surface area (Å²) in [6.07, 6.45) is 2.01. The van der Waals surface area contributed by atoms with Gasteiger partial charge in [-0.3, -0.25) is 4.79 Å². The molecule has 0 radical (unpaired) electrons. The van der Waals surface area contributed by atoms with E-state index in [1.807, 2.05) is 6.92 Å². The molecule has 3 N–H and O–H groups in total. The molecule has 1 aliphatic carbocycles. The van der Waals surface area contributed by atoms with Gasteiger partial charge in [-0.2, -0.15) is 0 Å². The Bertz CT molecular complexity index is 303. The van der Waals surface area contributed by atoms with Crippen molar-refractivity contribution < 1.29 is 9.53 Å². The van der Waals surface area contributed by atoms with E-state index in [1.54, 1.807) is 0 Å². The lowest BCUT2D eigenvalue weighted by Crippen LogP contribution is -2.63. The van der Waals surface area contributed by atoms with E-state index in [1.165, 1.54) is 0 Å². The van der Waals surface area contributed by atoms with Crippen molar-refractivity contribution in [2.24, 2.45) is 23.0 Å². The highest BCUT2D eigenvalue weighted by Gasteiger charge is 2.49. The molecule has 19 heavy (non-hydrogen) atoms. The molecule has 0 heterocycles. The lowest BCUT2D eigenvalue weighted by Gasteiger charge is -2.51. The monoisotopic (exact) mass is 270 g/mol. The minimum Gasteiger partial charge on any atom is -0.378 e. The highest BCUT2D eigenvalue weighted by Crippen LogP contribution is 2.42. The average molecular weight is 270 g/mol. The highest BCUT2D eigenvalue weighted by atomic mass is 16.5. The van der Waals surface area contributed by atoms with Gasteiger partial charge < -0.3 is 15.8 Å². The molecule has 3 atom stereocenters. The minimum absolute atomic E-state index is 0.0165. The van der Waals surface area contributed by atoms with Crippen LogP contribution in [0.2, 0.25) is 0 Å². The first-order valence-corrected chi connectivity index (χ1v) is 7.44. The van der Waals surface area contributed by atoms with Crippen LogP contribution in [0, 0.1) is 17.3 Å². The Balaban J connectivity index is 2.49. The van der Waals surface area contributed by atoms with Gasteiger partial charge >= 0.3 is 0 Å². The number of nitrogens with two attached hydrogens (primary N) is 1. The second-order valence-electron chi connectivity index (χ2n) is 6.62. The standard InChI is InChI=1S/C15H30N2O2/c1-6-19-13-8-12(15(13,4)5)17-14(18)11(9-16)7-10(2)3/h10-13H,6-9,16H2,1-5H3,(H,17,18). The number of amides is 1. The molecule has 0 aromatic heterocycles. The van der Waals surface area contributed by atoms with Crippen molar-refractivity contribution in [3.63, 3.8) is 0 Å². The predicted molar refractivity (Wildman–Crippen MR) is 77.7 cm³/mol. The molecule has 0 saturated heterocycles. The summed E-state index contributed by atoms with van der Waals surface area (Å²) >= 11 is 0. The number of hydrogen-bond donors (Lipinski definition) is 2. The molecule has 4 nitrogen and oxygen atoms in total. The molecule has 3 unspecified atom stereocenters. The predicted octanol–water partition coefficient (Wildman–Crippen LogP) is 1.93. The second-order valence-corrected chi connectivity index (χ2v) is 6.62. The first-order valence-electron chi connectivity index (χ1n) is 7.44. The zero-order valence-electron chi connectivity index (χ0n) is 13.0. The summed E-state index contributed by atoms with van der Waals surface area (Å²) in [7, 11) is 0. The quantitative estimate of drug-likeness (QED) is 0.743. The third kappa shape index (κ3) is 3.93. The van der Waals surface area contributed by atoms with Crippen molar-refractivity contribution in [2.45, 2.75) is 59.6 Å². The van der Waals surface area contributed by atoms with Gasteiger partial charge in [0.1, 0.15) is 0 Å². The molecule has 0 aliphatic heterocycles. The average Bonchev–Trinajstić information content (AvgIpc) is 2.34. The Labute approximate surface area is 117 Å². The second kappa shape index (κ2) is 6.71. The Morgan fingerprint density at radius 1 is 1.47 bits per heavy atom. The Morgan fingerprint density at radius 3 is 2.53 bits per heavy atom. The van der Waals surface area contributed by atoms with Crippen LogP contribution in [-0.2, 0) is 9.53 Å². The van der Waals surface area contributed by atoms with E-state index in [2.05, 4.69) is 33.0 Å². The summed E-state index contributed by atoms with van der Waals surface area (Å²) < 4.78 is 5.68. The molecule has 0 spiro atoms. The molecule has 112 valence electrons. The van der Waals surface area contributed by atoms with Gasteiger partial charge in [0.15, 0.2) is 0 Å². The Morgan fingerprint density at radius 2 is 2.11 bits per heavy atom. The topological polar surface area (TPSA) is 64.3 Å². The number of carbonyl (C=O) groups excluding carboxylic acids is 1. The number of carbonyl (C=O) groups is 1. The molecule has 0 bridgehead atoms. The first kappa shape index (κ1) is 16.4. The van der Waals surface area contributed by atoms with E-state index >= 15 is 0 Å². The summed E-state index contributed by atoms with van der Waals surface area (Å²) in [6, 6.07) is 0.206. The van der Waals surface area contributed by atoms with Crippen molar-refractivity contribution in [2.75, 3.05) is 13.2 Å². The summed E-state index contributed by atoms with van der Waals surface area (Å²) in [6.45, 7) is 11.7. The molecule has 1 rings (SSSR count). The molecule has 4 heteroatoms. The van der Waals surface area contributed by atoms with Crippen molar-refractivity contribution in [3.05, 3.63) is 0 Å². The lowest BCUT2D eigenvalue weighted by atomic mass is 9.64. The van der Waals surface area contributed by atoms with Gasteiger partial charge in [0, 0.05) is 24.6 Å². The van der Waals surface area contributed by atoms with Gasteiger partial charge in [0.25, 0.3) is 0 Å². The SMILES string of the molecule is CCOC1CC(NC(=O)C(CN)CC(C)C)C1(C)C. The molecule has 0 aromatic rings. The Hall–Kier alpha value is -0.610. The third-order valence-electron chi connectivity index (χ3n) is 4.27. The van der Waals surface area contributed by atoms with Crippen LogP contribution >= 0.6 is 0 Å². The van der Waals surface area contributed by atoms with Gasteiger partial charge in [-0.15, -0.1) is 0 Å². The van der Waals surface area contributed by atoms with Crippen molar-refractivity contribution in [1.82, 2.24) is 5.32 Å². The minimum atomic E-state index is -0.0676. The molecule has 1 fully saturated rings. The largest absolute Gasteiger partial charge is 0.378 e. The summed E-state index contributed by atoms with van der Waals surface area (Å²) in [5, 5.41) is 3.15. The lowest BCUT2D eigenvalue weighted by molar-refractivity contribution is -0.139. The third-order valence-corrected chi connectivity index (χ3v) is 4.27. The number of nitrogens with one attached hydrogen (secondary N) is 1. The number of ether oxygens (including phenoxy) is 1. The van der Waals surface area contributed by atoms with E-state index in [0.29, 0.717) is 12.5 Å². The van der Waals surface area contributed by atoms with Crippen LogP contribution < -0.4 is 11.1 Å². The number of rotatable bonds is 7. The van der Waals surface area contributed by atoms with Crippen LogP contribution in [0.15, 0.2) is 0 Å². The van der Waals surface area contributed by atoms with Crippen LogP contribution in [0.3, 0.4) is 0 Å². The molecule has 1 aliphatic rings. The van der Waals surface area contributed by atoms with Crippen molar-refractivity contribution >= 4 is 5.91 Å². The maximum Gasteiger partial charge on any atom is 0.224 e. The zero-order valence-corrected chi connectivity index (χ0v) is 13.0. The van der Waals surface area contributed by atoms with E-state index in [0.717, 1.165) is 19.4 Å². The fourth-order valence-corrected chi connectivity index (χ4v) is 2.78. The molecular formula is C15H30N2O2.